The van der Waals surface area contributed by atoms with Crippen LogP contribution >= 0.6 is 0 Å². The maximum absolute atomic E-state index is 12.2. The second-order valence-electron chi connectivity index (χ2n) is 4.99. The second-order valence-corrected chi connectivity index (χ2v) is 4.99. The maximum atomic E-state index is 12.2. The zero-order chi connectivity index (χ0) is 14.4. The molecule has 1 amide bonds. The first kappa shape index (κ1) is 15.2. The lowest BCUT2D eigenvalue weighted by Crippen LogP contribution is -2.47. The molecule has 1 unspecified atom stereocenters. The summed E-state index contributed by atoms with van der Waals surface area (Å²) in [4.78, 5) is 24.6. The predicted molar refractivity (Wildman–Crippen MR) is 76.6 cm³/mol. The quantitative estimate of drug-likeness (QED) is 0.853. The van der Waals surface area contributed by atoms with E-state index in [9.17, 15) is 9.59 Å². The fourth-order valence-electron chi connectivity index (χ4n) is 1.95. The van der Waals surface area contributed by atoms with Crippen LogP contribution < -0.4 is 5.32 Å². The molecule has 4 nitrogen and oxygen atoms in total. The molecule has 0 spiro atoms. The third-order valence-electron chi connectivity index (χ3n) is 3.04. The highest BCUT2D eigenvalue weighted by atomic mass is 16.2. The van der Waals surface area contributed by atoms with E-state index in [0.717, 1.165) is 5.69 Å². The van der Waals surface area contributed by atoms with E-state index in [2.05, 4.69) is 5.32 Å². The Labute approximate surface area is 114 Å². The van der Waals surface area contributed by atoms with Gasteiger partial charge in [0.2, 0.25) is 12.2 Å². The minimum absolute atomic E-state index is 0.0513. The summed E-state index contributed by atoms with van der Waals surface area (Å²) in [6.45, 7) is 5.58. The Hall–Kier alpha value is -1.84. The van der Waals surface area contributed by atoms with Gasteiger partial charge in [-0.2, -0.15) is 0 Å². The lowest BCUT2D eigenvalue weighted by atomic mass is 10.0. The van der Waals surface area contributed by atoms with E-state index >= 15 is 0 Å². The van der Waals surface area contributed by atoms with Gasteiger partial charge in [0.15, 0.2) is 0 Å². The van der Waals surface area contributed by atoms with Crippen molar-refractivity contribution in [3.05, 3.63) is 30.3 Å². The Bertz CT molecular complexity index is 417. The minimum atomic E-state index is -0.507. The molecule has 0 aliphatic rings. The van der Waals surface area contributed by atoms with Gasteiger partial charge in [0.25, 0.3) is 0 Å². The first-order valence-electron chi connectivity index (χ1n) is 6.43. The number of carbonyl (C=O) groups is 1. The summed E-state index contributed by atoms with van der Waals surface area (Å²) in [6.07, 6.45) is 1.93. The van der Waals surface area contributed by atoms with Gasteiger partial charge in [0, 0.05) is 12.7 Å². The highest BCUT2D eigenvalue weighted by Gasteiger charge is 2.26. The number of hydrogen-bond donors (Lipinski definition) is 1. The molecule has 1 N–H and O–H groups in total. The summed E-state index contributed by atoms with van der Waals surface area (Å²) in [6, 6.07) is 8.62. The molecule has 19 heavy (non-hydrogen) atoms. The average molecular weight is 261 g/mol. The Balaban J connectivity index is 2.68. The van der Waals surface area contributed by atoms with Gasteiger partial charge >= 0.3 is 0 Å². The third-order valence-corrected chi connectivity index (χ3v) is 3.04. The monoisotopic (exact) mass is 261 g/mol. The van der Waals surface area contributed by atoms with E-state index in [1.54, 1.807) is 14.0 Å². The molecule has 0 aromatic heterocycles. The van der Waals surface area contributed by atoms with E-state index in [-0.39, 0.29) is 17.9 Å². The zero-order valence-corrected chi connectivity index (χ0v) is 11.9. The fraction of sp³-hybridized carbons (Fsp3) is 0.467. The molecule has 0 bridgehead atoms. The lowest BCUT2D eigenvalue weighted by molar-refractivity contribution is -0.131. The van der Waals surface area contributed by atoms with E-state index in [1.807, 2.05) is 50.5 Å². The van der Waals surface area contributed by atoms with E-state index in [1.165, 1.54) is 4.90 Å². The van der Waals surface area contributed by atoms with Crippen LogP contribution in [0.3, 0.4) is 0 Å². The molecule has 0 saturated carbocycles. The highest BCUT2D eigenvalue weighted by molar-refractivity contribution is 5.86. The van der Waals surface area contributed by atoms with Crippen LogP contribution in [-0.4, -0.2) is 36.2 Å². The molecular weight excluding hydrogens is 240 g/mol. The molecule has 0 aliphatic heterocycles. The molecule has 2 atom stereocenters. The van der Waals surface area contributed by atoms with Gasteiger partial charge in [-0.3, -0.25) is 9.59 Å². The van der Waals surface area contributed by atoms with Gasteiger partial charge in [-0.15, -0.1) is 0 Å². The van der Waals surface area contributed by atoms with Gasteiger partial charge < -0.3 is 10.2 Å². The average Bonchev–Trinajstić information content (AvgIpc) is 2.39. The number of hydrogen-bond acceptors (Lipinski definition) is 3. The zero-order valence-electron chi connectivity index (χ0n) is 11.9. The molecule has 103 valence electrons. The van der Waals surface area contributed by atoms with Gasteiger partial charge in [0.05, 0.1) is 0 Å². The van der Waals surface area contributed by atoms with Crippen LogP contribution in [0.4, 0.5) is 5.69 Å². The number of likely N-dealkylation sites (N-methyl/N-ethyl adjacent to an activating group) is 1. The summed E-state index contributed by atoms with van der Waals surface area (Å²) in [7, 11) is 1.64. The van der Waals surface area contributed by atoms with Crippen LogP contribution in [0.1, 0.15) is 20.8 Å². The van der Waals surface area contributed by atoms with Crippen LogP contribution in [0.25, 0.3) is 0 Å². The Morgan fingerprint density at radius 2 is 1.79 bits per heavy atom. The van der Waals surface area contributed by atoms with Crippen molar-refractivity contribution in [3.8, 4) is 0 Å². The number of nitrogens with one attached hydrogen (secondary N) is 1. The van der Waals surface area contributed by atoms with Crippen LogP contribution in [0.5, 0.6) is 0 Å². The smallest absolute Gasteiger partial charge is 0.245 e. The lowest BCUT2D eigenvalue weighted by Gasteiger charge is -2.29. The first-order valence-corrected chi connectivity index (χ1v) is 6.43. The van der Waals surface area contributed by atoms with Crippen LogP contribution in [0, 0.1) is 5.92 Å². The Morgan fingerprint density at radius 1 is 1.21 bits per heavy atom. The highest BCUT2D eigenvalue weighted by Crippen LogP contribution is 2.12. The van der Waals surface area contributed by atoms with Crippen LogP contribution in [0.15, 0.2) is 30.3 Å². The largest absolute Gasteiger partial charge is 0.374 e. The fourth-order valence-corrected chi connectivity index (χ4v) is 1.95. The number of anilines is 1. The topological polar surface area (TPSA) is 49.4 Å². The molecule has 0 aliphatic carbocycles. The summed E-state index contributed by atoms with van der Waals surface area (Å²) in [5.41, 5.74) is 0.882. The Kier molecular flexibility index (Phi) is 5.55. The van der Waals surface area contributed by atoms with Crippen molar-refractivity contribution >= 4 is 17.9 Å². The summed E-state index contributed by atoms with van der Waals surface area (Å²) in [5, 5.41) is 3.12. The minimum Gasteiger partial charge on any atom is -0.374 e. The first-order chi connectivity index (χ1) is 8.97. The molecule has 0 fully saturated rings. The molecule has 0 saturated heterocycles. The molecule has 0 heterocycles. The summed E-state index contributed by atoms with van der Waals surface area (Å²) in [5.74, 6) is -0.0683. The van der Waals surface area contributed by atoms with Crippen LogP contribution in [0.2, 0.25) is 0 Å². The van der Waals surface area contributed by atoms with Gasteiger partial charge in [-0.05, 0) is 25.0 Å². The predicted octanol–water partition coefficient (Wildman–Crippen LogP) is 2.08. The van der Waals surface area contributed by atoms with Crippen molar-refractivity contribution in [3.63, 3.8) is 0 Å². The standard InChI is InChI=1S/C15H21N2O2/c1-11(2)14(10-18)17(4)15(19)12(3)16-13-8-6-5-7-9-13/h5-9,11-12,14,16H,1-4H3/t12?,14-/m1/s1. The van der Waals surface area contributed by atoms with Crippen molar-refractivity contribution in [1.82, 2.24) is 4.90 Å². The molecule has 1 aromatic carbocycles. The Morgan fingerprint density at radius 3 is 2.26 bits per heavy atom. The number of para-hydroxylation sites is 1. The normalized spacial score (nSPS) is 13.7. The van der Waals surface area contributed by atoms with Gasteiger partial charge in [0.1, 0.15) is 12.1 Å². The van der Waals surface area contributed by atoms with Gasteiger partial charge in [-0.25, -0.2) is 0 Å². The van der Waals surface area contributed by atoms with Crippen molar-refractivity contribution in [2.45, 2.75) is 32.9 Å². The molecular formula is C15H21N2O2. The maximum Gasteiger partial charge on any atom is 0.245 e. The number of nitrogens with zero attached hydrogens (tertiary/aromatic N) is 1. The van der Waals surface area contributed by atoms with Crippen LogP contribution in [-0.2, 0) is 9.59 Å². The number of amides is 1. The van der Waals surface area contributed by atoms with Gasteiger partial charge in [-0.1, -0.05) is 32.0 Å². The molecule has 1 radical (unpaired) electrons. The SMILES string of the molecule is CC(Nc1ccccc1)C(=O)N(C)[C@H]([C]=O)C(C)C. The second kappa shape index (κ2) is 6.92. The summed E-state index contributed by atoms with van der Waals surface area (Å²) >= 11 is 0. The number of benzene rings is 1. The van der Waals surface area contributed by atoms with Crippen molar-refractivity contribution in [2.75, 3.05) is 12.4 Å². The third kappa shape index (κ3) is 4.09. The van der Waals surface area contributed by atoms with E-state index in [4.69, 9.17) is 0 Å². The van der Waals surface area contributed by atoms with Crippen molar-refractivity contribution in [2.24, 2.45) is 5.92 Å². The summed E-state index contributed by atoms with van der Waals surface area (Å²) < 4.78 is 0. The molecule has 4 heteroatoms. The van der Waals surface area contributed by atoms with Crippen molar-refractivity contribution in [1.29, 1.82) is 0 Å². The molecule has 1 aromatic rings. The van der Waals surface area contributed by atoms with E-state index in [0.29, 0.717) is 0 Å². The number of rotatable bonds is 6. The van der Waals surface area contributed by atoms with E-state index < -0.39 is 6.04 Å². The van der Waals surface area contributed by atoms with Crippen molar-refractivity contribution < 1.29 is 9.59 Å². The number of carbonyl (C=O) groups excluding carboxylic acids is 2. The molecule has 1 rings (SSSR count).